The number of likely N-dealkylation sites (N-methyl/N-ethyl adjacent to an activating group) is 1. The number of unbranched alkanes of at least 4 members (excludes halogenated alkanes) is 10. The number of phosphoric acid groups is 1. The van der Waals surface area contributed by atoms with Gasteiger partial charge in [-0.25, -0.2) is 0 Å². The predicted octanol–water partition coefficient (Wildman–Crippen LogP) is 10.6. The number of rotatable bonds is 35. The Morgan fingerprint density at radius 3 is 1.78 bits per heavy atom. The number of nitrogens with zero attached hydrogens (tertiary/aromatic N) is 1. The molecule has 0 aromatic heterocycles. The van der Waals surface area contributed by atoms with Crippen LogP contribution in [0.3, 0.4) is 0 Å². The molecule has 0 aliphatic carbocycles. The van der Waals surface area contributed by atoms with Crippen molar-refractivity contribution in [2.24, 2.45) is 0 Å². The van der Waals surface area contributed by atoms with Crippen molar-refractivity contribution in [3.8, 4) is 0 Å². The largest absolute Gasteiger partial charge is 0.756 e. The summed E-state index contributed by atoms with van der Waals surface area (Å²) in [6.45, 7) is 3.95. The van der Waals surface area contributed by atoms with Gasteiger partial charge in [-0.3, -0.25) is 14.2 Å². The van der Waals surface area contributed by atoms with E-state index >= 15 is 0 Å². The van der Waals surface area contributed by atoms with Crippen LogP contribution in [0.2, 0.25) is 0 Å². The molecule has 0 saturated carbocycles. The average molecular weight is 776 g/mol. The van der Waals surface area contributed by atoms with Crippen LogP contribution < -0.4 is 4.89 Å². The van der Waals surface area contributed by atoms with Crippen LogP contribution >= 0.6 is 7.82 Å². The molecule has 0 amide bonds. The first-order valence-electron chi connectivity index (χ1n) is 20.3. The third-order valence-electron chi connectivity index (χ3n) is 7.99. The Labute approximate surface area is 329 Å². The molecule has 0 N–H and O–H groups in total. The number of quaternary nitrogens is 1. The maximum atomic E-state index is 12.6. The number of hydrogen-bond acceptors (Lipinski definition) is 8. The lowest BCUT2D eigenvalue weighted by atomic mass is 10.1. The summed E-state index contributed by atoms with van der Waals surface area (Å²) in [4.78, 5) is 37.4. The van der Waals surface area contributed by atoms with E-state index < -0.39 is 32.5 Å². The van der Waals surface area contributed by atoms with Crippen LogP contribution in [0.1, 0.15) is 129 Å². The molecular weight excluding hydrogens is 701 g/mol. The molecule has 308 valence electrons. The van der Waals surface area contributed by atoms with Crippen LogP contribution in [0.5, 0.6) is 0 Å². The van der Waals surface area contributed by atoms with Crippen molar-refractivity contribution in [3.05, 3.63) is 85.1 Å². The van der Waals surface area contributed by atoms with Crippen LogP contribution in [0.25, 0.3) is 0 Å². The van der Waals surface area contributed by atoms with Gasteiger partial charge < -0.3 is 27.9 Å². The Kier molecular flexibility index (Phi) is 34.0. The molecule has 54 heavy (non-hydrogen) atoms. The molecule has 0 aromatic rings. The zero-order valence-electron chi connectivity index (χ0n) is 34.4. The smallest absolute Gasteiger partial charge is 0.306 e. The van der Waals surface area contributed by atoms with Crippen molar-refractivity contribution in [1.29, 1.82) is 0 Å². The van der Waals surface area contributed by atoms with Gasteiger partial charge >= 0.3 is 11.9 Å². The zero-order valence-corrected chi connectivity index (χ0v) is 35.3. The van der Waals surface area contributed by atoms with E-state index in [9.17, 15) is 19.0 Å². The van der Waals surface area contributed by atoms with Crippen molar-refractivity contribution in [2.75, 3.05) is 47.5 Å². The number of allylic oxidation sites excluding steroid dienone is 14. The Hall–Kier alpha value is -2.81. The summed E-state index contributed by atoms with van der Waals surface area (Å²) < 4.78 is 33.7. The number of ether oxygens (including phenoxy) is 2. The summed E-state index contributed by atoms with van der Waals surface area (Å²) in [5.74, 6) is -0.918. The highest BCUT2D eigenvalue weighted by molar-refractivity contribution is 7.45. The summed E-state index contributed by atoms with van der Waals surface area (Å²) in [6.07, 6.45) is 44.7. The predicted molar refractivity (Wildman–Crippen MR) is 222 cm³/mol. The highest BCUT2D eigenvalue weighted by atomic mass is 31.2. The normalized spacial score (nSPS) is 14.6. The lowest BCUT2D eigenvalue weighted by molar-refractivity contribution is -0.870. The van der Waals surface area contributed by atoms with E-state index in [2.05, 4.69) is 68.5 Å². The average Bonchev–Trinajstić information content (AvgIpc) is 3.12. The molecule has 0 spiro atoms. The second kappa shape index (κ2) is 35.9. The third-order valence-corrected chi connectivity index (χ3v) is 8.96. The molecule has 10 heteroatoms. The van der Waals surface area contributed by atoms with Gasteiger partial charge in [0.15, 0.2) is 6.10 Å². The van der Waals surface area contributed by atoms with Crippen LogP contribution in [0.4, 0.5) is 0 Å². The molecule has 0 rings (SSSR count). The number of carbonyl (C=O) groups excluding carboxylic acids is 2. The van der Waals surface area contributed by atoms with Crippen LogP contribution in [0, 0.1) is 0 Å². The fraction of sp³-hybridized carbons (Fsp3) is 0.636. The van der Waals surface area contributed by atoms with Gasteiger partial charge in [0.1, 0.15) is 19.8 Å². The topological polar surface area (TPSA) is 111 Å². The fourth-order valence-corrected chi connectivity index (χ4v) is 5.52. The molecule has 0 bridgehead atoms. The minimum absolute atomic E-state index is 0.0470. The molecule has 0 saturated heterocycles. The second-order valence-corrected chi connectivity index (χ2v) is 15.8. The van der Waals surface area contributed by atoms with E-state index in [4.69, 9.17) is 18.5 Å². The molecule has 2 atom stereocenters. The van der Waals surface area contributed by atoms with E-state index in [0.717, 1.165) is 70.6 Å². The van der Waals surface area contributed by atoms with Gasteiger partial charge in [-0.15, -0.1) is 0 Å². The van der Waals surface area contributed by atoms with E-state index in [1.807, 2.05) is 51.5 Å². The summed E-state index contributed by atoms with van der Waals surface area (Å²) in [5, 5.41) is 0. The fourth-order valence-electron chi connectivity index (χ4n) is 4.79. The standard InChI is InChI=1S/C44H74NO8P/c1-6-8-10-12-14-16-18-20-22-24-26-28-30-32-34-36-43(46)50-40-42(41-52-54(48,49)51-39-38-45(3,4)5)53-44(47)37-35-33-31-29-27-25-23-21-19-17-15-13-11-9-7-2/h9,11,13-17,19-23,26,28,42H,6-8,10,12,18,24-25,27,29-41H2,1-5H3/b11-9+,15-13+,16-14+,19-17+,22-20+,23-21+,28-26+/t42-/m1/s1. The maximum absolute atomic E-state index is 12.6. The molecule has 0 radical (unpaired) electrons. The van der Waals surface area contributed by atoms with E-state index in [0.29, 0.717) is 23.9 Å². The minimum atomic E-state index is -4.64. The van der Waals surface area contributed by atoms with E-state index in [1.54, 1.807) is 0 Å². The van der Waals surface area contributed by atoms with Crippen molar-refractivity contribution < 1.29 is 42.1 Å². The van der Waals surface area contributed by atoms with Crippen molar-refractivity contribution >= 4 is 19.8 Å². The van der Waals surface area contributed by atoms with Gasteiger partial charge in [0.05, 0.1) is 27.7 Å². The van der Waals surface area contributed by atoms with Crippen molar-refractivity contribution in [2.45, 2.75) is 136 Å². The molecule has 0 aromatic carbocycles. The maximum Gasteiger partial charge on any atom is 0.306 e. The summed E-state index contributed by atoms with van der Waals surface area (Å²) in [7, 11) is 1.11. The van der Waals surface area contributed by atoms with E-state index in [1.165, 1.54) is 19.3 Å². The van der Waals surface area contributed by atoms with Crippen molar-refractivity contribution in [1.82, 2.24) is 0 Å². The molecule has 0 aliphatic heterocycles. The number of esters is 2. The summed E-state index contributed by atoms with van der Waals surface area (Å²) in [5.41, 5.74) is 0. The third kappa shape index (κ3) is 38.9. The molecule has 0 heterocycles. The number of hydrogen-bond donors (Lipinski definition) is 0. The van der Waals surface area contributed by atoms with Gasteiger partial charge in [-0.05, 0) is 70.6 Å². The zero-order chi connectivity index (χ0) is 40.0. The number of phosphoric ester groups is 1. The lowest BCUT2D eigenvalue weighted by Crippen LogP contribution is -2.37. The second-order valence-electron chi connectivity index (χ2n) is 14.4. The summed E-state index contributed by atoms with van der Waals surface area (Å²) in [6, 6.07) is 0. The molecular formula is C44H74NO8P. The quantitative estimate of drug-likeness (QED) is 0.0156. The SMILES string of the molecule is CC/C=C/C=C/C=C/C=C/CCCCCCCC(=O)O[C@H](COC(=O)CCCC/C=C/C/C=C/C/C=C/CCCCC)COP(=O)([O-])OCC[N+](C)(C)C. The lowest BCUT2D eigenvalue weighted by Gasteiger charge is -2.28. The minimum Gasteiger partial charge on any atom is -0.756 e. The van der Waals surface area contributed by atoms with Gasteiger partial charge in [0.25, 0.3) is 7.82 Å². The van der Waals surface area contributed by atoms with Crippen molar-refractivity contribution in [3.63, 3.8) is 0 Å². The Balaban J connectivity index is 4.54. The van der Waals surface area contributed by atoms with Gasteiger partial charge in [0.2, 0.25) is 0 Å². The first-order chi connectivity index (χ1) is 26.0. The molecule has 0 fully saturated rings. The van der Waals surface area contributed by atoms with Gasteiger partial charge in [-0.1, -0.05) is 131 Å². The van der Waals surface area contributed by atoms with Crippen LogP contribution in [-0.4, -0.2) is 70.0 Å². The van der Waals surface area contributed by atoms with E-state index in [-0.39, 0.29) is 26.1 Å². The highest BCUT2D eigenvalue weighted by Gasteiger charge is 2.21. The Bertz CT molecular complexity index is 1200. The first kappa shape index (κ1) is 51.2. The molecule has 0 aliphatic rings. The summed E-state index contributed by atoms with van der Waals surface area (Å²) >= 11 is 0. The molecule has 1 unspecified atom stereocenters. The van der Waals surface area contributed by atoms with Crippen LogP contribution in [0.15, 0.2) is 85.1 Å². The highest BCUT2D eigenvalue weighted by Crippen LogP contribution is 2.38. The van der Waals surface area contributed by atoms with Gasteiger partial charge in [0, 0.05) is 12.8 Å². The number of carbonyl (C=O) groups is 2. The Morgan fingerprint density at radius 2 is 1.13 bits per heavy atom. The Morgan fingerprint density at radius 1 is 0.611 bits per heavy atom. The molecule has 9 nitrogen and oxygen atoms in total. The monoisotopic (exact) mass is 776 g/mol. The van der Waals surface area contributed by atoms with Crippen LogP contribution in [-0.2, 0) is 32.7 Å². The first-order valence-corrected chi connectivity index (χ1v) is 21.8. The van der Waals surface area contributed by atoms with Gasteiger partial charge in [-0.2, -0.15) is 0 Å².